The van der Waals surface area contributed by atoms with E-state index in [4.69, 9.17) is 23.2 Å². The van der Waals surface area contributed by atoms with Crippen LogP contribution >= 0.6 is 35.0 Å². The second kappa shape index (κ2) is 12.0. The Labute approximate surface area is 202 Å². The van der Waals surface area contributed by atoms with Gasteiger partial charge in [0.2, 0.25) is 11.8 Å². The Morgan fingerprint density at radius 1 is 0.906 bits per heavy atom. The summed E-state index contributed by atoms with van der Waals surface area (Å²) in [6, 6.07) is 24.0. The first-order valence-electron chi connectivity index (χ1n) is 10.1. The van der Waals surface area contributed by atoms with Gasteiger partial charge in [-0.1, -0.05) is 77.8 Å². The highest BCUT2D eigenvalue weighted by Crippen LogP contribution is 2.25. The summed E-state index contributed by atoms with van der Waals surface area (Å²) >= 11 is 13.7. The van der Waals surface area contributed by atoms with Crippen molar-refractivity contribution in [1.29, 1.82) is 0 Å². The topological polar surface area (TPSA) is 49.4 Å². The summed E-state index contributed by atoms with van der Waals surface area (Å²) in [4.78, 5) is 28.9. The van der Waals surface area contributed by atoms with Gasteiger partial charge in [-0.3, -0.25) is 9.59 Å². The zero-order valence-electron chi connectivity index (χ0n) is 17.6. The summed E-state index contributed by atoms with van der Waals surface area (Å²) in [5.41, 5.74) is 1.78. The lowest BCUT2D eigenvalue weighted by Gasteiger charge is -2.31. The summed E-state index contributed by atoms with van der Waals surface area (Å²) < 4.78 is 0. The Kier molecular flexibility index (Phi) is 9.03. The Bertz CT molecular complexity index is 1050. The molecule has 1 N–H and O–H groups in total. The molecule has 166 valence electrons. The summed E-state index contributed by atoms with van der Waals surface area (Å²) in [7, 11) is 1.58. The number of thioether (sulfide) groups is 1. The number of nitrogens with one attached hydrogen (secondary N) is 1. The molecule has 1 atom stereocenters. The van der Waals surface area contributed by atoms with Crippen LogP contribution in [0.4, 0.5) is 0 Å². The molecule has 0 spiro atoms. The van der Waals surface area contributed by atoms with Crippen LogP contribution in [-0.2, 0) is 22.6 Å². The Morgan fingerprint density at radius 2 is 1.56 bits per heavy atom. The second-order valence-electron chi connectivity index (χ2n) is 7.19. The number of nitrogens with zero attached hydrogens (tertiary/aromatic N) is 1. The highest BCUT2D eigenvalue weighted by atomic mass is 35.5. The monoisotopic (exact) mass is 486 g/mol. The molecule has 32 heavy (non-hydrogen) atoms. The van der Waals surface area contributed by atoms with Crippen LogP contribution in [0.15, 0.2) is 83.8 Å². The lowest BCUT2D eigenvalue weighted by molar-refractivity contribution is -0.139. The number of halogens is 2. The van der Waals surface area contributed by atoms with Gasteiger partial charge >= 0.3 is 0 Å². The van der Waals surface area contributed by atoms with Crippen molar-refractivity contribution in [2.45, 2.75) is 23.9 Å². The van der Waals surface area contributed by atoms with Gasteiger partial charge in [0.15, 0.2) is 0 Å². The van der Waals surface area contributed by atoms with Crippen molar-refractivity contribution in [3.63, 3.8) is 0 Å². The van der Waals surface area contributed by atoms with E-state index in [1.807, 2.05) is 66.7 Å². The molecule has 3 rings (SSSR count). The molecule has 0 aliphatic heterocycles. The van der Waals surface area contributed by atoms with E-state index in [2.05, 4.69) is 5.32 Å². The van der Waals surface area contributed by atoms with Gasteiger partial charge in [0.1, 0.15) is 6.04 Å². The van der Waals surface area contributed by atoms with Gasteiger partial charge in [-0.15, -0.1) is 11.8 Å². The predicted octanol–water partition coefficient (Wildman–Crippen LogP) is 5.47. The maximum absolute atomic E-state index is 13.4. The van der Waals surface area contributed by atoms with E-state index in [1.165, 1.54) is 11.8 Å². The number of hydrogen-bond acceptors (Lipinski definition) is 3. The van der Waals surface area contributed by atoms with Gasteiger partial charge in [0.05, 0.1) is 15.8 Å². The highest BCUT2D eigenvalue weighted by Gasteiger charge is 2.29. The van der Waals surface area contributed by atoms with Crippen LogP contribution in [0.3, 0.4) is 0 Å². The quantitative estimate of drug-likeness (QED) is 0.407. The maximum Gasteiger partial charge on any atom is 0.242 e. The molecule has 4 nitrogen and oxygen atoms in total. The van der Waals surface area contributed by atoms with Crippen LogP contribution in [0.25, 0.3) is 0 Å². The van der Waals surface area contributed by atoms with Crippen molar-refractivity contribution in [2.24, 2.45) is 0 Å². The Balaban J connectivity index is 1.89. The average Bonchev–Trinajstić information content (AvgIpc) is 2.82. The fraction of sp³-hybridized carbons (Fsp3) is 0.200. The first-order valence-corrected chi connectivity index (χ1v) is 11.9. The lowest BCUT2D eigenvalue weighted by Crippen LogP contribution is -2.50. The number of likely N-dealkylation sites (N-methyl/N-ethyl adjacent to an activating group) is 1. The smallest absolute Gasteiger partial charge is 0.242 e. The third-order valence-electron chi connectivity index (χ3n) is 4.96. The number of carbonyl (C=O) groups is 2. The molecule has 0 heterocycles. The number of benzene rings is 3. The van der Waals surface area contributed by atoms with Crippen molar-refractivity contribution in [3.8, 4) is 0 Å². The molecular weight excluding hydrogens is 463 g/mol. The predicted molar refractivity (Wildman–Crippen MR) is 132 cm³/mol. The minimum Gasteiger partial charge on any atom is -0.357 e. The zero-order valence-corrected chi connectivity index (χ0v) is 20.0. The second-order valence-corrected chi connectivity index (χ2v) is 9.05. The molecule has 0 radical (unpaired) electrons. The van der Waals surface area contributed by atoms with Crippen molar-refractivity contribution in [3.05, 3.63) is 100 Å². The standard InChI is InChI=1S/C25H24Cl2N2O2S/c1-28-25(31)23(15-18-8-4-2-5-9-18)29(16-19-12-13-21(26)22(27)14-19)24(30)17-32-20-10-6-3-7-11-20/h2-14,23H,15-17H2,1H3,(H,28,31)/t23-/m0/s1. The molecule has 0 aromatic heterocycles. The van der Waals surface area contributed by atoms with Crippen LogP contribution in [0.2, 0.25) is 10.0 Å². The largest absolute Gasteiger partial charge is 0.357 e. The molecule has 2 amide bonds. The zero-order chi connectivity index (χ0) is 22.9. The average molecular weight is 487 g/mol. The van der Waals surface area contributed by atoms with Crippen molar-refractivity contribution >= 4 is 46.8 Å². The van der Waals surface area contributed by atoms with E-state index in [0.717, 1.165) is 16.0 Å². The Morgan fingerprint density at radius 3 is 2.19 bits per heavy atom. The van der Waals surface area contributed by atoms with Crippen molar-refractivity contribution < 1.29 is 9.59 Å². The third-order valence-corrected chi connectivity index (χ3v) is 6.70. The summed E-state index contributed by atoms with van der Waals surface area (Å²) in [5, 5.41) is 3.57. The van der Waals surface area contributed by atoms with E-state index in [9.17, 15) is 9.59 Å². The highest BCUT2D eigenvalue weighted by molar-refractivity contribution is 8.00. The van der Waals surface area contributed by atoms with Crippen LogP contribution in [0.5, 0.6) is 0 Å². The molecule has 3 aromatic carbocycles. The lowest BCUT2D eigenvalue weighted by atomic mass is 10.0. The molecule has 0 bridgehead atoms. The van der Waals surface area contributed by atoms with Gasteiger partial charge < -0.3 is 10.2 Å². The van der Waals surface area contributed by atoms with E-state index < -0.39 is 6.04 Å². The first-order chi connectivity index (χ1) is 15.5. The van der Waals surface area contributed by atoms with Crippen molar-refractivity contribution in [2.75, 3.05) is 12.8 Å². The minimum absolute atomic E-state index is 0.130. The fourth-order valence-electron chi connectivity index (χ4n) is 3.30. The number of carbonyl (C=O) groups excluding carboxylic acids is 2. The molecule has 3 aromatic rings. The Hall–Kier alpha value is -2.47. The van der Waals surface area contributed by atoms with Crippen LogP contribution in [-0.4, -0.2) is 35.6 Å². The normalized spacial score (nSPS) is 11.6. The van der Waals surface area contributed by atoms with Gasteiger partial charge in [-0.2, -0.15) is 0 Å². The van der Waals surface area contributed by atoms with Crippen LogP contribution in [0, 0.1) is 0 Å². The molecular formula is C25H24Cl2N2O2S. The number of hydrogen-bond donors (Lipinski definition) is 1. The third kappa shape index (κ3) is 6.76. The molecule has 0 aliphatic carbocycles. The molecule has 0 saturated heterocycles. The molecule has 0 aliphatic rings. The van der Waals surface area contributed by atoms with Crippen molar-refractivity contribution in [1.82, 2.24) is 10.2 Å². The maximum atomic E-state index is 13.4. The van der Waals surface area contributed by atoms with Gasteiger partial charge in [0.25, 0.3) is 0 Å². The minimum atomic E-state index is -0.666. The van der Waals surface area contributed by atoms with E-state index in [0.29, 0.717) is 16.5 Å². The van der Waals surface area contributed by atoms with Gasteiger partial charge in [0, 0.05) is 24.9 Å². The fourth-order valence-corrected chi connectivity index (χ4v) is 4.43. The number of rotatable bonds is 9. The van der Waals surface area contributed by atoms with E-state index in [1.54, 1.807) is 24.1 Å². The summed E-state index contributed by atoms with van der Waals surface area (Å²) in [6.45, 7) is 0.246. The molecule has 0 fully saturated rings. The first kappa shape index (κ1) is 24.2. The van der Waals surface area contributed by atoms with Crippen LogP contribution in [0.1, 0.15) is 11.1 Å². The van der Waals surface area contributed by atoms with Gasteiger partial charge in [-0.05, 0) is 35.4 Å². The van der Waals surface area contributed by atoms with Gasteiger partial charge in [-0.25, -0.2) is 0 Å². The van der Waals surface area contributed by atoms with Crippen LogP contribution < -0.4 is 5.32 Å². The number of amides is 2. The molecule has 0 saturated carbocycles. The SMILES string of the molecule is CNC(=O)[C@H](Cc1ccccc1)N(Cc1ccc(Cl)c(Cl)c1)C(=O)CSc1ccccc1. The van der Waals surface area contributed by atoms with E-state index in [-0.39, 0.29) is 24.1 Å². The van der Waals surface area contributed by atoms with E-state index >= 15 is 0 Å². The summed E-state index contributed by atoms with van der Waals surface area (Å²) in [6.07, 6.45) is 0.406. The molecule has 7 heteroatoms. The summed E-state index contributed by atoms with van der Waals surface area (Å²) in [5.74, 6) is -0.130. The molecule has 0 unspecified atom stereocenters.